The van der Waals surface area contributed by atoms with Gasteiger partial charge in [0, 0.05) is 29.8 Å². The summed E-state index contributed by atoms with van der Waals surface area (Å²) in [6.45, 7) is 0. The molecule has 140 valence electrons. The van der Waals surface area contributed by atoms with Crippen LogP contribution in [0.25, 0.3) is 16.7 Å². The second-order valence-electron chi connectivity index (χ2n) is 6.41. The van der Waals surface area contributed by atoms with Crippen LogP contribution in [0.5, 0.6) is 0 Å². The zero-order chi connectivity index (χ0) is 19.7. The molecule has 0 radical (unpaired) electrons. The smallest absolute Gasteiger partial charge is 0.301 e. The first-order chi connectivity index (χ1) is 13.4. The van der Waals surface area contributed by atoms with E-state index in [9.17, 15) is 18.0 Å². The van der Waals surface area contributed by atoms with Crippen LogP contribution in [0, 0.1) is 0 Å². The van der Waals surface area contributed by atoms with Crippen LogP contribution < -0.4 is 0 Å². The number of carbonyl (C=O) groups excluding carboxylic acids is 1. The number of carbonyl (C=O) groups is 1. The van der Waals surface area contributed by atoms with Crippen molar-refractivity contribution >= 4 is 16.8 Å². The van der Waals surface area contributed by atoms with Gasteiger partial charge in [-0.1, -0.05) is 30.3 Å². The summed E-state index contributed by atoms with van der Waals surface area (Å²) in [5.74, 6) is -0.245. The van der Waals surface area contributed by atoms with Crippen LogP contribution in [0.2, 0.25) is 0 Å². The van der Waals surface area contributed by atoms with E-state index >= 15 is 0 Å². The lowest BCUT2D eigenvalue weighted by Crippen LogP contribution is -2.11. The number of hydrogen-bond acceptors (Lipinski definition) is 2. The Morgan fingerprint density at radius 2 is 1.75 bits per heavy atom. The Bertz CT molecular complexity index is 1150. The van der Waals surface area contributed by atoms with Gasteiger partial charge in [-0.2, -0.15) is 13.2 Å². The van der Waals surface area contributed by atoms with Crippen LogP contribution in [0.4, 0.5) is 13.2 Å². The molecule has 0 amide bonds. The summed E-state index contributed by atoms with van der Waals surface area (Å²) in [6, 6.07) is 17.5. The number of benzene rings is 2. The lowest BCUT2D eigenvalue weighted by Gasteiger charge is -2.15. The fraction of sp³-hybridized carbons (Fsp3) is 0.0909. The van der Waals surface area contributed by atoms with Gasteiger partial charge in [-0.05, 0) is 42.0 Å². The standard InChI is InChI=1S/C22H15F3N2O/c23-22(24,25)18-8-9-19(27-12-10-16-7-4-11-26-21(16)27)17(13-18)14-20(28)15-5-2-1-3-6-15/h1-13H,14H2. The van der Waals surface area contributed by atoms with Crippen molar-refractivity contribution in [3.05, 3.63) is 95.8 Å². The highest BCUT2D eigenvalue weighted by Crippen LogP contribution is 2.32. The molecule has 0 atom stereocenters. The Kier molecular flexibility index (Phi) is 4.47. The topological polar surface area (TPSA) is 34.9 Å². The molecule has 0 spiro atoms. The first-order valence-electron chi connectivity index (χ1n) is 8.64. The van der Waals surface area contributed by atoms with Gasteiger partial charge in [0.2, 0.25) is 0 Å². The van der Waals surface area contributed by atoms with E-state index in [1.54, 1.807) is 53.4 Å². The Balaban J connectivity index is 1.83. The largest absolute Gasteiger partial charge is 0.416 e. The van der Waals surface area contributed by atoms with Crippen molar-refractivity contribution in [2.75, 3.05) is 0 Å². The lowest BCUT2D eigenvalue weighted by molar-refractivity contribution is -0.137. The van der Waals surface area contributed by atoms with E-state index in [4.69, 9.17) is 0 Å². The van der Waals surface area contributed by atoms with Crippen LogP contribution in [0.1, 0.15) is 21.5 Å². The Labute approximate surface area is 159 Å². The van der Waals surface area contributed by atoms with Crippen molar-refractivity contribution in [2.45, 2.75) is 12.6 Å². The molecule has 0 bridgehead atoms. The molecule has 4 aromatic rings. The molecular weight excluding hydrogens is 365 g/mol. The maximum Gasteiger partial charge on any atom is 0.416 e. The monoisotopic (exact) mass is 380 g/mol. The number of ketones is 1. The molecule has 0 aliphatic rings. The number of Topliss-reactive ketones (excluding diaryl/α,β-unsaturated/α-hetero) is 1. The number of rotatable bonds is 4. The van der Waals surface area contributed by atoms with E-state index in [1.165, 1.54) is 6.07 Å². The average Bonchev–Trinajstić information content (AvgIpc) is 3.12. The Morgan fingerprint density at radius 3 is 2.50 bits per heavy atom. The zero-order valence-electron chi connectivity index (χ0n) is 14.6. The van der Waals surface area contributed by atoms with E-state index in [1.807, 2.05) is 12.1 Å². The highest BCUT2D eigenvalue weighted by molar-refractivity contribution is 5.98. The number of nitrogens with zero attached hydrogens (tertiary/aromatic N) is 2. The molecule has 28 heavy (non-hydrogen) atoms. The summed E-state index contributed by atoms with van der Waals surface area (Å²) in [5, 5.41) is 0.864. The van der Waals surface area contributed by atoms with Gasteiger partial charge >= 0.3 is 6.18 Å². The van der Waals surface area contributed by atoms with E-state index < -0.39 is 11.7 Å². The number of aromatic nitrogens is 2. The summed E-state index contributed by atoms with van der Waals surface area (Å²) in [6.07, 6.45) is -1.26. The molecule has 4 rings (SSSR count). The molecular formula is C22H15F3N2O. The summed E-state index contributed by atoms with van der Waals surface area (Å²) in [7, 11) is 0. The minimum atomic E-state index is -4.49. The molecule has 6 heteroatoms. The summed E-state index contributed by atoms with van der Waals surface area (Å²) in [5.41, 5.74) is 1.10. The van der Waals surface area contributed by atoms with Gasteiger partial charge in [0.05, 0.1) is 11.3 Å². The van der Waals surface area contributed by atoms with Crippen LogP contribution in [-0.4, -0.2) is 15.3 Å². The second kappa shape index (κ2) is 6.96. The number of halogens is 3. The molecule has 0 aliphatic carbocycles. The predicted octanol–water partition coefficient (Wildman–Crippen LogP) is 5.47. The molecule has 0 aliphatic heterocycles. The number of fused-ring (bicyclic) bond motifs is 1. The highest BCUT2D eigenvalue weighted by Gasteiger charge is 2.31. The molecule has 0 saturated heterocycles. The summed E-state index contributed by atoms with van der Waals surface area (Å²) < 4.78 is 41.5. The van der Waals surface area contributed by atoms with E-state index in [-0.39, 0.29) is 12.2 Å². The average molecular weight is 380 g/mol. The molecule has 0 unspecified atom stereocenters. The molecule has 0 fully saturated rings. The normalized spacial score (nSPS) is 11.7. The van der Waals surface area contributed by atoms with Crippen molar-refractivity contribution in [2.24, 2.45) is 0 Å². The zero-order valence-corrected chi connectivity index (χ0v) is 14.6. The Morgan fingerprint density at radius 1 is 0.964 bits per heavy atom. The van der Waals surface area contributed by atoms with Crippen LogP contribution in [0.3, 0.4) is 0 Å². The third-order valence-electron chi connectivity index (χ3n) is 4.56. The second-order valence-corrected chi connectivity index (χ2v) is 6.41. The molecule has 2 aromatic heterocycles. The predicted molar refractivity (Wildman–Crippen MR) is 101 cm³/mol. The van der Waals surface area contributed by atoms with Crippen LogP contribution in [-0.2, 0) is 12.6 Å². The molecule has 2 heterocycles. The van der Waals surface area contributed by atoms with Gasteiger partial charge in [0.25, 0.3) is 0 Å². The van der Waals surface area contributed by atoms with E-state index in [2.05, 4.69) is 4.98 Å². The lowest BCUT2D eigenvalue weighted by atomic mass is 9.99. The third kappa shape index (κ3) is 3.41. The van der Waals surface area contributed by atoms with Crippen LogP contribution >= 0.6 is 0 Å². The number of pyridine rings is 1. The van der Waals surface area contributed by atoms with Gasteiger partial charge < -0.3 is 4.57 Å². The molecule has 3 nitrogen and oxygen atoms in total. The van der Waals surface area contributed by atoms with Gasteiger partial charge in [0.15, 0.2) is 5.78 Å². The SMILES string of the molecule is O=C(Cc1cc(C(F)(F)F)ccc1-n1ccc2cccnc21)c1ccccc1. The van der Waals surface area contributed by atoms with Gasteiger partial charge in [0.1, 0.15) is 5.65 Å². The van der Waals surface area contributed by atoms with Crippen molar-refractivity contribution in [1.29, 1.82) is 0 Å². The van der Waals surface area contributed by atoms with E-state index in [0.29, 0.717) is 22.5 Å². The fourth-order valence-corrected chi connectivity index (χ4v) is 3.20. The van der Waals surface area contributed by atoms with Crippen molar-refractivity contribution < 1.29 is 18.0 Å². The van der Waals surface area contributed by atoms with Crippen molar-refractivity contribution in [1.82, 2.24) is 9.55 Å². The highest BCUT2D eigenvalue weighted by atomic mass is 19.4. The molecule has 2 aromatic carbocycles. The van der Waals surface area contributed by atoms with Crippen molar-refractivity contribution in [3.8, 4) is 5.69 Å². The van der Waals surface area contributed by atoms with Gasteiger partial charge in [-0.25, -0.2) is 4.98 Å². The summed E-state index contributed by atoms with van der Waals surface area (Å²) >= 11 is 0. The van der Waals surface area contributed by atoms with Crippen molar-refractivity contribution in [3.63, 3.8) is 0 Å². The minimum Gasteiger partial charge on any atom is -0.301 e. The van der Waals surface area contributed by atoms with E-state index in [0.717, 1.165) is 17.5 Å². The third-order valence-corrected chi connectivity index (χ3v) is 4.56. The molecule has 0 saturated carbocycles. The quantitative estimate of drug-likeness (QED) is 0.440. The molecule has 0 N–H and O–H groups in total. The summed E-state index contributed by atoms with van der Waals surface area (Å²) in [4.78, 5) is 17.0. The first kappa shape index (κ1) is 18.0. The van der Waals surface area contributed by atoms with Crippen LogP contribution in [0.15, 0.2) is 79.1 Å². The maximum atomic E-state index is 13.3. The Hall–Kier alpha value is -3.41. The van der Waals surface area contributed by atoms with Gasteiger partial charge in [-0.15, -0.1) is 0 Å². The first-order valence-corrected chi connectivity index (χ1v) is 8.64. The number of alkyl halides is 3. The number of hydrogen-bond donors (Lipinski definition) is 0. The minimum absolute atomic E-state index is 0.143. The fourth-order valence-electron chi connectivity index (χ4n) is 3.20. The maximum absolute atomic E-state index is 13.3. The van der Waals surface area contributed by atoms with Gasteiger partial charge in [-0.3, -0.25) is 4.79 Å².